The SMILES string of the molecule is CN1CCC(Nc2ccc(F)cc2Br)CC1. The van der Waals surface area contributed by atoms with E-state index >= 15 is 0 Å². The summed E-state index contributed by atoms with van der Waals surface area (Å²) < 4.78 is 13.7. The Kier molecular flexibility index (Phi) is 3.82. The van der Waals surface area contributed by atoms with Crippen molar-refractivity contribution < 1.29 is 4.39 Å². The third kappa shape index (κ3) is 2.95. The van der Waals surface area contributed by atoms with Crippen LogP contribution in [0.4, 0.5) is 10.1 Å². The molecule has 1 saturated heterocycles. The first-order chi connectivity index (χ1) is 7.65. The van der Waals surface area contributed by atoms with Crippen molar-refractivity contribution >= 4 is 21.6 Å². The van der Waals surface area contributed by atoms with E-state index < -0.39 is 0 Å². The number of rotatable bonds is 2. The van der Waals surface area contributed by atoms with Crippen molar-refractivity contribution in [3.8, 4) is 0 Å². The molecule has 1 aliphatic rings. The van der Waals surface area contributed by atoms with Crippen molar-refractivity contribution in [3.63, 3.8) is 0 Å². The van der Waals surface area contributed by atoms with Crippen LogP contribution in [0.2, 0.25) is 0 Å². The lowest BCUT2D eigenvalue weighted by Crippen LogP contribution is -2.36. The summed E-state index contributed by atoms with van der Waals surface area (Å²) in [6.45, 7) is 2.24. The predicted octanol–water partition coefficient (Wildman–Crippen LogP) is 3.09. The van der Waals surface area contributed by atoms with Crippen LogP contribution in [0.15, 0.2) is 22.7 Å². The highest BCUT2D eigenvalue weighted by Crippen LogP contribution is 2.25. The summed E-state index contributed by atoms with van der Waals surface area (Å²) in [6, 6.07) is 5.27. The minimum atomic E-state index is -0.208. The number of benzene rings is 1. The van der Waals surface area contributed by atoms with Gasteiger partial charge in [-0.05, 0) is 67.1 Å². The minimum Gasteiger partial charge on any atom is -0.381 e. The van der Waals surface area contributed by atoms with Crippen molar-refractivity contribution in [1.29, 1.82) is 0 Å². The van der Waals surface area contributed by atoms with Crippen molar-refractivity contribution in [2.45, 2.75) is 18.9 Å². The molecule has 1 aromatic rings. The lowest BCUT2D eigenvalue weighted by molar-refractivity contribution is 0.264. The summed E-state index contributed by atoms with van der Waals surface area (Å²) in [5.41, 5.74) is 0.982. The first-order valence-corrected chi connectivity index (χ1v) is 6.34. The van der Waals surface area contributed by atoms with Crippen LogP contribution in [-0.4, -0.2) is 31.1 Å². The maximum absolute atomic E-state index is 12.9. The van der Waals surface area contributed by atoms with Crippen LogP contribution in [0.1, 0.15) is 12.8 Å². The number of hydrogen-bond donors (Lipinski definition) is 1. The van der Waals surface area contributed by atoms with Crippen LogP contribution in [0.3, 0.4) is 0 Å². The molecule has 16 heavy (non-hydrogen) atoms. The fourth-order valence-electron chi connectivity index (χ4n) is 1.98. The average molecular weight is 287 g/mol. The molecular formula is C12H16BrFN2. The Morgan fingerprint density at radius 2 is 2.06 bits per heavy atom. The number of piperidine rings is 1. The number of anilines is 1. The van der Waals surface area contributed by atoms with Gasteiger partial charge in [0.05, 0.1) is 0 Å². The third-order valence-electron chi connectivity index (χ3n) is 3.01. The molecule has 4 heteroatoms. The zero-order valence-corrected chi connectivity index (χ0v) is 10.9. The van der Waals surface area contributed by atoms with Crippen molar-refractivity contribution in [2.75, 3.05) is 25.5 Å². The second kappa shape index (κ2) is 5.15. The van der Waals surface area contributed by atoms with Crippen LogP contribution in [0.25, 0.3) is 0 Å². The summed E-state index contributed by atoms with van der Waals surface area (Å²) in [6.07, 6.45) is 2.28. The van der Waals surface area contributed by atoms with E-state index in [1.54, 1.807) is 6.07 Å². The van der Waals surface area contributed by atoms with Gasteiger partial charge in [-0.15, -0.1) is 0 Å². The highest BCUT2D eigenvalue weighted by Gasteiger charge is 2.16. The molecule has 0 saturated carbocycles. The van der Waals surface area contributed by atoms with Gasteiger partial charge in [0.2, 0.25) is 0 Å². The largest absolute Gasteiger partial charge is 0.381 e. The van der Waals surface area contributed by atoms with E-state index in [1.807, 2.05) is 0 Å². The molecule has 0 radical (unpaired) electrons. The molecule has 0 spiro atoms. The van der Waals surface area contributed by atoms with Gasteiger partial charge < -0.3 is 10.2 Å². The van der Waals surface area contributed by atoms with E-state index in [0.29, 0.717) is 6.04 Å². The van der Waals surface area contributed by atoms with Crippen LogP contribution in [-0.2, 0) is 0 Å². The number of likely N-dealkylation sites (tertiary alicyclic amines) is 1. The monoisotopic (exact) mass is 286 g/mol. The lowest BCUT2D eigenvalue weighted by Gasteiger charge is -2.30. The average Bonchev–Trinajstić information content (AvgIpc) is 2.25. The molecule has 1 aliphatic heterocycles. The van der Waals surface area contributed by atoms with Gasteiger partial charge >= 0.3 is 0 Å². The Morgan fingerprint density at radius 3 is 2.69 bits per heavy atom. The molecule has 88 valence electrons. The maximum atomic E-state index is 12.9. The lowest BCUT2D eigenvalue weighted by atomic mass is 10.1. The van der Waals surface area contributed by atoms with Gasteiger partial charge in [-0.2, -0.15) is 0 Å². The zero-order chi connectivity index (χ0) is 11.5. The highest BCUT2D eigenvalue weighted by molar-refractivity contribution is 9.10. The van der Waals surface area contributed by atoms with Crippen LogP contribution in [0.5, 0.6) is 0 Å². The summed E-state index contributed by atoms with van der Waals surface area (Å²) in [7, 11) is 2.14. The van der Waals surface area contributed by atoms with Crippen LogP contribution >= 0.6 is 15.9 Å². The van der Waals surface area contributed by atoms with Crippen LogP contribution < -0.4 is 5.32 Å². The molecule has 0 unspecified atom stereocenters. The molecule has 1 aromatic carbocycles. The second-order valence-corrected chi connectivity index (χ2v) is 5.20. The Morgan fingerprint density at radius 1 is 1.38 bits per heavy atom. The van der Waals surface area contributed by atoms with Gasteiger partial charge in [0.25, 0.3) is 0 Å². The van der Waals surface area contributed by atoms with Gasteiger partial charge in [-0.1, -0.05) is 0 Å². The molecule has 0 aromatic heterocycles. The normalized spacial score (nSPS) is 18.7. The Bertz CT molecular complexity index is 362. The highest BCUT2D eigenvalue weighted by atomic mass is 79.9. The predicted molar refractivity (Wildman–Crippen MR) is 68.2 cm³/mol. The first-order valence-electron chi connectivity index (χ1n) is 5.55. The summed E-state index contributed by atoms with van der Waals surface area (Å²) in [4.78, 5) is 2.33. The van der Waals surface area contributed by atoms with Crippen LogP contribution in [0, 0.1) is 5.82 Å². The molecule has 0 aliphatic carbocycles. The molecule has 0 bridgehead atoms. The Hall–Kier alpha value is -0.610. The molecule has 1 fully saturated rings. The molecule has 1 heterocycles. The number of nitrogens with one attached hydrogen (secondary N) is 1. The van der Waals surface area contributed by atoms with Gasteiger partial charge in [0.1, 0.15) is 5.82 Å². The van der Waals surface area contributed by atoms with E-state index in [-0.39, 0.29) is 5.82 Å². The topological polar surface area (TPSA) is 15.3 Å². The number of halogens is 2. The van der Waals surface area contributed by atoms with Crippen molar-refractivity contribution in [2.24, 2.45) is 0 Å². The van der Waals surface area contributed by atoms with Gasteiger partial charge in [0, 0.05) is 16.2 Å². The summed E-state index contributed by atoms with van der Waals surface area (Å²) in [5, 5.41) is 3.46. The van der Waals surface area contributed by atoms with E-state index in [9.17, 15) is 4.39 Å². The molecule has 0 atom stereocenters. The van der Waals surface area contributed by atoms with E-state index in [1.165, 1.54) is 12.1 Å². The molecule has 0 amide bonds. The number of nitrogens with zero attached hydrogens (tertiary/aromatic N) is 1. The standard InChI is InChI=1S/C12H16BrFN2/c1-16-6-4-10(5-7-16)15-12-3-2-9(14)8-11(12)13/h2-3,8,10,15H,4-7H2,1H3. The van der Waals surface area contributed by atoms with E-state index in [2.05, 4.69) is 33.2 Å². The fourth-order valence-corrected chi connectivity index (χ4v) is 2.44. The summed E-state index contributed by atoms with van der Waals surface area (Å²) >= 11 is 3.37. The molecule has 2 rings (SSSR count). The van der Waals surface area contributed by atoms with Gasteiger partial charge in [-0.3, -0.25) is 0 Å². The van der Waals surface area contributed by atoms with Crippen molar-refractivity contribution in [3.05, 3.63) is 28.5 Å². The first kappa shape index (κ1) is 11.9. The van der Waals surface area contributed by atoms with Gasteiger partial charge in [0.15, 0.2) is 0 Å². The maximum Gasteiger partial charge on any atom is 0.124 e. The molecule has 2 nitrogen and oxygen atoms in total. The minimum absolute atomic E-state index is 0.208. The molecular weight excluding hydrogens is 271 g/mol. The third-order valence-corrected chi connectivity index (χ3v) is 3.67. The van der Waals surface area contributed by atoms with Gasteiger partial charge in [-0.25, -0.2) is 4.39 Å². The zero-order valence-electron chi connectivity index (χ0n) is 9.34. The smallest absolute Gasteiger partial charge is 0.124 e. The van der Waals surface area contributed by atoms with E-state index in [0.717, 1.165) is 36.1 Å². The fraction of sp³-hybridized carbons (Fsp3) is 0.500. The number of hydrogen-bond acceptors (Lipinski definition) is 2. The second-order valence-electron chi connectivity index (χ2n) is 4.35. The molecule has 1 N–H and O–H groups in total. The Balaban J connectivity index is 1.98. The Labute approximate surface area is 104 Å². The summed E-state index contributed by atoms with van der Waals surface area (Å²) in [5.74, 6) is -0.208. The van der Waals surface area contributed by atoms with Crippen molar-refractivity contribution in [1.82, 2.24) is 4.90 Å². The van der Waals surface area contributed by atoms with E-state index in [4.69, 9.17) is 0 Å². The quantitative estimate of drug-likeness (QED) is 0.899.